The lowest BCUT2D eigenvalue weighted by molar-refractivity contribution is -0.113. The number of aryl methyl sites for hydroxylation is 2. The molecule has 0 unspecified atom stereocenters. The third-order valence-corrected chi connectivity index (χ3v) is 5.07. The molecule has 0 aromatic carbocycles. The van der Waals surface area contributed by atoms with Crippen LogP contribution in [-0.4, -0.2) is 33.0 Å². The summed E-state index contributed by atoms with van der Waals surface area (Å²) < 4.78 is 5.50. The van der Waals surface area contributed by atoms with Gasteiger partial charge >= 0.3 is 0 Å². The number of fused-ring (bicyclic) bond motifs is 1. The Balaban J connectivity index is 1.83. The maximum Gasteiger partial charge on any atom is 0.260 e. The number of nitrogen functional groups attached to an aromatic ring is 1. The smallest absolute Gasteiger partial charge is 0.260 e. The SMILES string of the molecule is COc1c(C)cnc(CN2C(=O)/C(=C\c3ccc[nH]3)c3c(C)nc(N)nc32)c1C. The molecule has 0 spiro atoms. The van der Waals surface area contributed by atoms with E-state index in [0.717, 1.165) is 28.3 Å². The van der Waals surface area contributed by atoms with Crippen molar-refractivity contribution >= 4 is 29.3 Å². The zero-order valence-electron chi connectivity index (χ0n) is 16.8. The van der Waals surface area contributed by atoms with Gasteiger partial charge in [0.25, 0.3) is 5.91 Å². The zero-order valence-corrected chi connectivity index (χ0v) is 16.8. The van der Waals surface area contributed by atoms with Gasteiger partial charge in [-0.1, -0.05) is 0 Å². The fourth-order valence-corrected chi connectivity index (χ4v) is 3.69. The molecule has 0 bridgehead atoms. The number of aromatic nitrogens is 4. The Bertz CT molecular complexity index is 1130. The number of ether oxygens (including phenoxy) is 1. The minimum absolute atomic E-state index is 0.131. The lowest BCUT2D eigenvalue weighted by atomic mass is 10.1. The molecular formula is C21H22N6O2. The van der Waals surface area contributed by atoms with Crippen molar-refractivity contribution in [3.8, 4) is 5.75 Å². The summed E-state index contributed by atoms with van der Waals surface area (Å²) in [6, 6.07) is 3.77. The molecule has 3 N–H and O–H groups in total. The van der Waals surface area contributed by atoms with E-state index in [4.69, 9.17) is 10.5 Å². The van der Waals surface area contributed by atoms with E-state index in [0.29, 0.717) is 22.6 Å². The molecule has 8 heteroatoms. The first-order valence-electron chi connectivity index (χ1n) is 9.21. The molecule has 0 fully saturated rings. The molecule has 0 radical (unpaired) electrons. The van der Waals surface area contributed by atoms with Crippen molar-refractivity contribution in [3.63, 3.8) is 0 Å². The summed E-state index contributed by atoms with van der Waals surface area (Å²) in [5.74, 6) is 1.23. The number of hydrogen-bond acceptors (Lipinski definition) is 6. The van der Waals surface area contributed by atoms with Crippen molar-refractivity contribution < 1.29 is 9.53 Å². The van der Waals surface area contributed by atoms with Crippen molar-refractivity contribution in [1.82, 2.24) is 19.9 Å². The van der Waals surface area contributed by atoms with Crippen molar-refractivity contribution in [2.75, 3.05) is 17.7 Å². The number of nitrogens with one attached hydrogen (secondary N) is 1. The first-order chi connectivity index (χ1) is 13.9. The average Bonchev–Trinajstić information content (AvgIpc) is 3.27. The minimum atomic E-state index is -0.168. The standard InChI is InChI=1S/C21H22N6O2/c1-11-9-24-16(12(2)18(11)29-4)10-27-19-17(13(3)25-21(22)26-19)15(20(27)28)8-14-6-5-7-23-14/h5-9,23H,10H2,1-4H3,(H2,22,25,26)/b15-8-. The molecule has 0 saturated heterocycles. The molecule has 0 saturated carbocycles. The summed E-state index contributed by atoms with van der Waals surface area (Å²) in [5.41, 5.74) is 11.2. The summed E-state index contributed by atoms with van der Waals surface area (Å²) >= 11 is 0. The highest BCUT2D eigenvalue weighted by Gasteiger charge is 2.36. The predicted molar refractivity (Wildman–Crippen MR) is 111 cm³/mol. The lowest BCUT2D eigenvalue weighted by Gasteiger charge is -2.19. The van der Waals surface area contributed by atoms with Gasteiger partial charge in [-0.3, -0.25) is 14.7 Å². The molecular weight excluding hydrogens is 368 g/mol. The van der Waals surface area contributed by atoms with E-state index < -0.39 is 0 Å². The van der Waals surface area contributed by atoms with E-state index in [1.165, 1.54) is 0 Å². The van der Waals surface area contributed by atoms with Crippen LogP contribution in [0, 0.1) is 20.8 Å². The van der Waals surface area contributed by atoms with E-state index in [1.54, 1.807) is 18.2 Å². The molecule has 8 nitrogen and oxygen atoms in total. The average molecular weight is 390 g/mol. The summed E-state index contributed by atoms with van der Waals surface area (Å²) in [6.07, 6.45) is 5.37. The highest BCUT2D eigenvalue weighted by atomic mass is 16.5. The predicted octanol–water partition coefficient (Wildman–Crippen LogP) is 2.80. The Labute approximate surface area is 168 Å². The Kier molecular flexibility index (Phi) is 4.54. The van der Waals surface area contributed by atoms with E-state index in [-0.39, 0.29) is 18.4 Å². The number of rotatable bonds is 4. The van der Waals surface area contributed by atoms with Crippen LogP contribution >= 0.6 is 0 Å². The zero-order chi connectivity index (χ0) is 20.7. The molecule has 4 heterocycles. The van der Waals surface area contributed by atoms with Crippen molar-refractivity contribution in [2.45, 2.75) is 27.3 Å². The van der Waals surface area contributed by atoms with Gasteiger partial charge in [-0.15, -0.1) is 0 Å². The maximum atomic E-state index is 13.4. The van der Waals surface area contributed by atoms with Crippen LogP contribution in [0.3, 0.4) is 0 Å². The normalized spacial score (nSPS) is 14.6. The first kappa shape index (κ1) is 18.7. The van der Waals surface area contributed by atoms with Gasteiger partial charge in [-0.2, -0.15) is 4.98 Å². The maximum absolute atomic E-state index is 13.4. The van der Waals surface area contributed by atoms with Gasteiger partial charge in [-0.25, -0.2) is 4.98 Å². The van der Waals surface area contributed by atoms with Crippen molar-refractivity contribution in [3.05, 3.63) is 58.3 Å². The van der Waals surface area contributed by atoms with Crippen LogP contribution in [0.5, 0.6) is 5.75 Å². The number of amides is 1. The summed E-state index contributed by atoms with van der Waals surface area (Å²) in [7, 11) is 1.63. The van der Waals surface area contributed by atoms with Gasteiger partial charge < -0.3 is 15.5 Å². The molecule has 1 aliphatic heterocycles. The number of anilines is 2. The monoisotopic (exact) mass is 390 g/mol. The van der Waals surface area contributed by atoms with E-state index >= 15 is 0 Å². The fourth-order valence-electron chi connectivity index (χ4n) is 3.69. The highest BCUT2D eigenvalue weighted by Crippen LogP contribution is 2.39. The van der Waals surface area contributed by atoms with Crippen LogP contribution < -0.4 is 15.4 Å². The van der Waals surface area contributed by atoms with E-state index in [2.05, 4.69) is 19.9 Å². The minimum Gasteiger partial charge on any atom is -0.496 e. The number of nitrogens with zero attached hydrogens (tertiary/aromatic N) is 4. The number of carbonyl (C=O) groups is 1. The molecule has 148 valence electrons. The van der Waals surface area contributed by atoms with Crippen LogP contribution in [0.4, 0.5) is 11.8 Å². The second kappa shape index (κ2) is 7.05. The Morgan fingerprint density at radius 3 is 2.76 bits per heavy atom. The second-order valence-electron chi connectivity index (χ2n) is 6.99. The van der Waals surface area contributed by atoms with Crippen LogP contribution in [0.1, 0.15) is 33.8 Å². The fraction of sp³-hybridized carbons (Fsp3) is 0.238. The van der Waals surface area contributed by atoms with Crippen LogP contribution in [0.25, 0.3) is 11.6 Å². The van der Waals surface area contributed by atoms with Crippen LogP contribution in [-0.2, 0) is 11.3 Å². The number of methoxy groups -OCH3 is 1. The molecule has 29 heavy (non-hydrogen) atoms. The first-order valence-corrected chi connectivity index (χ1v) is 9.21. The van der Waals surface area contributed by atoms with Crippen molar-refractivity contribution in [1.29, 1.82) is 0 Å². The van der Waals surface area contributed by atoms with Crippen LogP contribution in [0.2, 0.25) is 0 Å². The number of carbonyl (C=O) groups excluding carboxylic acids is 1. The van der Waals surface area contributed by atoms with Gasteiger partial charge in [0.2, 0.25) is 5.95 Å². The van der Waals surface area contributed by atoms with E-state index in [9.17, 15) is 4.79 Å². The topological polar surface area (TPSA) is 110 Å². The molecule has 0 aliphatic carbocycles. The van der Waals surface area contributed by atoms with E-state index in [1.807, 2.05) is 45.2 Å². The molecule has 1 amide bonds. The van der Waals surface area contributed by atoms with Crippen LogP contribution in [0.15, 0.2) is 24.5 Å². The quantitative estimate of drug-likeness (QED) is 0.663. The van der Waals surface area contributed by atoms with Crippen molar-refractivity contribution in [2.24, 2.45) is 0 Å². The largest absolute Gasteiger partial charge is 0.496 e. The third-order valence-electron chi connectivity index (χ3n) is 5.07. The van der Waals surface area contributed by atoms with Gasteiger partial charge in [0.1, 0.15) is 11.6 Å². The Morgan fingerprint density at radius 1 is 1.28 bits per heavy atom. The molecule has 3 aromatic heterocycles. The summed E-state index contributed by atoms with van der Waals surface area (Å²) in [5, 5.41) is 0. The number of hydrogen-bond donors (Lipinski definition) is 2. The lowest BCUT2D eigenvalue weighted by Crippen LogP contribution is -2.27. The van der Waals surface area contributed by atoms with Gasteiger partial charge in [0.15, 0.2) is 0 Å². The molecule has 1 aliphatic rings. The molecule has 3 aromatic rings. The highest BCUT2D eigenvalue weighted by molar-refractivity contribution is 6.35. The third kappa shape index (κ3) is 3.12. The Morgan fingerprint density at radius 2 is 2.07 bits per heavy atom. The van der Waals surface area contributed by atoms with Gasteiger partial charge in [-0.05, 0) is 39.0 Å². The number of pyridine rings is 1. The summed E-state index contributed by atoms with van der Waals surface area (Å²) in [4.78, 5) is 31.2. The number of nitrogens with two attached hydrogens (primary N) is 1. The van der Waals surface area contributed by atoms with Gasteiger partial charge in [0, 0.05) is 29.2 Å². The van der Waals surface area contributed by atoms with Gasteiger partial charge in [0.05, 0.1) is 36.2 Å². The molecule has 4 rings (SSSR count). The second-order valence-corrected chi connectivity index (χ2v) is 6.99. The number of H-pyrrole nitrogens is 1. The Hall–Kier alpha value is -3.68. The number of aromatic amines is 1. The summed E-state index contributed by atoms with van der Waals surface area (Å²) in [6.45, 7) is 5.96. The molecule has 0 atom stereocenters.